The van der Waals surface area contributed by atoms with Gasteiger partial charge in [0.1, 0.15) is 10.8 Å². The molecule has 0 aliphatic carbocycles. The van der Waals surface area contributed by atoms with Crippen LogP contribution < -0.4 is 4.74 Å². The van der Waals surface area contributed by atoms with Crippen molar-refractivity contribution in [3.8, 4) is 26.8 Å². The minimum absolute atomic E-state index is 0.163. The maximum atomic E-state index is 6.51. The highest BCUT2D eigenvalue weighted by Crippen LogP contribution is 2.37. The molecule has 2 heterocycles. The predicted molar refractivity (Wildman–Crippen MR) is 108 cm³/mol. The molecule has 1 aliphatic heterocycles. The summed E-state index contributed by atoms with van der Waals surface area (Å²) >= 11 is 8.12. The smallest absolute Gasteiger partial charge is 0.184 e. The third-order valence-corrected chi connectivity index (χ3v) is 5.53. The molecule has 1 aromatic heterocycles. The van der Waals surface area contributed by atoms with Crippen molar-refractivity contribution in [1.82, 2.24) is 4.98 Å². The van der Waals surface area contributed by atoms with E-state index in [0.717, 1.165) is 32.3 Å². The number of hydrogen-bond donors (Lipinski definition) is 0. The maximum absolute atomic E-state index is 6.51. The first-order valence-corrected chi connectivity index (χ1v) is 10.1. The Morgan fingerprint density at radius 2 is 1.85 bits per heavy atom. The van der Waals surface area contributed by atoms with Crippen LogP contribution in [0.1, 0.15) is 25.7 Å². The lowest BCUT2D eigenvalue weighted by atomic mass is 10.1. The minimum atomic E-state index is -0.324. The van der Waals surface area contributed by atoms with Crippen molar-refractivity contribution in [2.75, 3.05) is 13.2 Å². The van der Waals surface area contributed by atoms with Gasteiger partial charge in [-0.15, -0.1) is 11.3 Å². The Balaban J connectivity index is 1.55. The molecule has 4 nitrogen and oxygen atoms in total. The van der Waals surface area contributed by atoms with E-state index in [4.69, 9.17) is 25.8 Å². The van der Waals surface area contributed by atoms with Crippen LogP contribution in [0.25, 0.3) is 21.0 Å². The second kappa shape index (κ2) is 7.98. The van der Waals surface area contributed by atoms with Crippen LogP contribution >= 0.6 is 22.9 Å². The molecule has 0 atom stereocenters. The molecule has 1 aliphatic rings. The molecular formula is C21H20ClNO3S. The summed E-state index contributed by atoms with van der Waals surface area (Å²) < 4.78 is 16.8. The lowest BCUT2D eigenvalue weighted by molar-refractivity contribution is -0.0441. The molecule has 0 amide bonds. The van der Waals surface area contributed by atoms with E-state index in [-0.39, 0.29) is 12.4 Å². The molecule has 0 spiro atoms. The highest BCUT2D eigenvalue weighted by atomic mass is 35.5. The van der Waals surface area contributed by atoms with Gasteiger partial charge in [-0.1, -0.05) is 17.7 Å². The van der Waals surface area contributed by atoms with Crippen LogP contribution in [0.4, 0.5) is 0 Å². The van der Waals surface area contributed by atoms with Gasteiger partial charge in [-0.05, 0) is 55.8 Å². The highest BCUT2D eigenvalue weighted by molar-refractivity contribution is 7.18. The SMILES string of the molecule is CC(C)Oc1ccc(-c2cnc(-c3ccc(C4OCCO4)cc3Cl)s2)cc1. The molecule has 3 aromatic rings. The fourth-order valence-electron chi connectivity index (χ4n) is 2.90. The Labute approximate surface area is 167 Å². The zero-order chi connectivity index (χ0) is 18.8. The Bertz CT molecular complexity index is 917. The topological polar surface area (TPSA) is 40.6 Å². The second-order valence-corrected chi connectivity index (χ2v) is 7.97. The fourth-order valence-corrected chi connectivity index (χ4v) is 4.20. The van der Waals surface area contributed by atoms with Gasteiger partial charge in [0.05, 0.1) is 29.2 Å². The lowest BCUT2D eigenvalue weighted by Gasteiger charge is -2.11. The molecule has 140 valence electrons. The van der Waals surface area contributed by atoms with E-state index >= 15 is 0 Å². The van der Waals surface area contributed by atoms with Gasteiger partial charge in [-0.3, -0.25) is 0 Å². The van der Waals surface area contributed by atoms with Crippen molar-refractivity contribution < 1.29 is 14.2 Å². The zero-order valence-electron chi connectivity index (χ0n) is 15.1. The Kier molecular flexibility index (Phi) is 5.45. The number of thiazole rings is 1. The van der Waals surface area contributed by atoms with Gasteiger partial charge in [0.15, 0.2) is 6.29 Å². The van der Waals surface area contributed by atoms with E-state index in [2.05, 4.69) is 17.1 Å². The molecule has 0 radical (unpaired) electrons. The number of rotatable bonds is 5. The van der Waals surface area contributed by atoms with E-state index in [0.29, 0.717) is 18.2 Å². The molecule has 0 saturated carbocycles. The first-order chi connectivity index (χ1) is 13.1. The number of ether oxygens (including phenoxy) is 3. The quantitative estimate of drug-likeness (QED) is 0.528. The number of hydrogen-bond acceptors (Lipinski definition) is 5. The van der Waals surface area contributed by atoms with E-state index in [1.807, 2.05) is 50.4 Å². The third-order valence-electron chi connectivity index (χ3n) is 4.13. The summed E-state index contributed by atoms with van der Waals surface area (Å²) in [5.74, 6) is 0.869. The Hall–Kier alpha value is -1.92. The van der Waals surface area contributed by atoms with Crippen LogP contribution in [-0.4, -0.2) is 24.3 Å². The standard InChI is InChI=1S/C21H20ClNO3S/c1-13(2)26-16-6-3-14(4-7-16)19-12-23-20(27-19)17-8-5-15(11-18(17)22)21-24-9-10-25-21/h3-8,11-13,21H,9-10H2,1-2H3. The van der Waals surface area contributed by atoms with Gasteiger partial charge in [0, 0.05) is 17.3 Å². The molecule has 6 heteroatoms. The monoisotopic (exact) mass is 401 g/mol. The van der Waals surface area contributed by atoms with Gasteiger partial charge < -0.3 is 14.2 Å². The molecule has 27 heavy (non-hydrogen) atoms. The van der Waals surface area contributed by atoms with E-state index in [1.165, 1.54) is 0 Å². The molecule has 4 rings (SSSR count). The van der Waals surface area contributed by atoms with Crippen LogP contribution in [0.2, 0.25) is 5.02 Å². The highest BCUT2D eigenvalue weighted by Gasteiger charge is 2.20. The molecule has 2 aromatic carbocycles. The van der Waals surface area contributed by atoms with Crippen molar-refractivity contribution in [3.05, 3.63) is 59.2 Å². The van der Waals surface area contributed by atoms with Crippen LogP contribution in [0.5, 0.6) is 5.75 Å². The fraction of sp³-hybridized carbons (Fsp3) is 0.286. The van der Waals surface area contributed by atoms with E-state index in [9.17, 15) is 0 Å². The van der Waals surface area contributed by atoms with Crippen molar-refractivity contribution in [2.45, 2.75) is 26.2 Å². The molecule has 1 fully saturated rings. The lowest BCUT2D eigenvalue weighted by Crippen LogP contribution is -2.04. The molecule has 0 bridgehead atoms. The Morgan fingerprint density at radius 1 is 1.11 bits per heavy atom. The molecule has 0 unspecified atom stereocenters. The number of benzene rings is 2. The second-order valence-electron chi connectivity index (χ2n) is 6.53. The molecule has 0 N–H and O–H groups in total. The molecular weight excluding hydrogens is 382 g/mol. The van der Waals surface area contributed by atoms with Crippen molar-refractivity contribution in [1.29, 1.82) is 0 Å². The molecule has 1 saturated heterocycles. The van der Waals surface area contributed by atoms with E-state index < -0.39 is 0 Å². The predicted octanol–water partition coefficient (Wildman–Crippen LogP) is 5.96. The number of halogens is 1. The minimum Gasteiger partial charge on any atom is -0.491 e. The van der Waals surface area contributed by atoms with Crippen molar-refractivity contribution >= 4 is 22.9 Å². The van der Waals surface area contributed by atoms with Crippen LogP contribution in [-0.2, 0) is 9.47 Å². The average molecular weight is 402 g/mol. The van der Waals surface area contributed by atoms with Crippen LogP contribution in [0, 0.1) is 0 Å². The van der Waals surface area contributed by atoms with Crippen molar-refractivity contribution in [3.63, 3.8) is 0 Å². The van der Waals surface area contributed by atoms with Gasteiger partial charge in [0.25, 0.3) is 0 Å². The third kappa shape index (κ3) is 4.17. The van der Waals surface area contributed by atoms with Gasteiger partial charge in [0.2, 0.25) is 0 Å². The van der Waals surface area contributed by atoms with Crippen LogP contribution in [0.15, 0.2) is 48.7 Å². The summed E-state index contributed by atoms with van der Waals surface area (Å²) in [6.45, 7) is 5.26. The van der Waals surface area contributed by atoms with Gasteiger partial charge in [-0.2, -0.15) is 0 Å². The number of nitrogens with zero attached hydrogens (tertiary/aromatic N) is 1. The summed E-state index contributed by atoms with van der Waals surface area (Å²) in [4.78, 5) is 5.65. The number of aromatic nitrogens is 1. The van der Waals surface area contributed by atoms with E-state index in [1.54, 1.807) is 11.3 Å². The summed E-state index contributed by atoms with van der Waals surface area (Å²) in [5.41, 5.74) is 2.95. The summed E-state index contributed by atoms with van der Waals surface area (Å²) in [6.07, 6.45) is 1.72. The first-order valence-electron chi connectivity index (χ1n) is 8.86. The summed E-state index contributed by atoms with van der Waals surface area (Å²) in [6, 6.07) is 13.9. The zero-order valence-corrected chi connectivity index (χ0v) is 16.7. The normalized spacial score (nSPS) is 14.8. The largest absolute Gasteiger partial charge is 0.491 e. The summed E-state index contributed by atoms with van der Waals surface area (Å²) in [7, 11) is 0. The van der Waals surface area contributed by atoms with Crippen LogP contribution in [0.3, 0.4) is 0 Å². The maximum Gasteiger partial charge on any atom is 0.184 e. The Morgan fingerprint density at radius 3 is 2.52 bits per heavy atom. The van der Waals surface area contributed by atoms with Gasteiger partial charge >= 0.3 is 0 Å². The summed E-state index contributed by atoms with van der Waals surface area (Å²) in [5, 5.41) is 1.53. The first kappa shape index (κ1) is 18.4. The van der Waals surface area contributed by atoms with Crippen molar-refractivity contribution in [2.24, 2.45) is 0 Å². The van der Waals surface area contributed by atoms with Gasteiger partial charge in [-0.25, -0.2) is 4.98 Å². The average Bonchev–Trinajstić information content (AvgIpc) is 3.34.